The molecule has 0 unspecified atom stereocenters. The summed E-state index contributed by atoms with van der Waals surface area (Å²) in [7, 11) is -25.4. The van der Waals surface area contributed by atoms with Gasteiger partial charge in [-0.15, -0.1) is 0 Å². The van der Waals surface area contributed by atoms with Gasteiger partial charge in [0.1, 0.15) is 0 Å². The van der Waals surface area contributed by atoms with Crippen molar-refractivity contribution in [1.82, 2.24) is 0 Å². The number of unbranched alkanes of at least 4 members (excludes halogenated alkanes) is 34. The highest BCUT2D eigenvalue weighted by molar-refractivity contribution is 7.47. The summed E-state index contributed by atoms with van der Waals surface area (Å²) >= 11 is 0. The Labute approximate surface area is 496 Å². The molecule has 82 heavy (non-hydrogen) atoms. The summed E-state index contributed by atoms with van der Waals surface area (Å²) in [5, 5.41) is 0. The summed E-state index contributed by atoms with van der Waals surface area (Å²) in [6, 6.07) is 0. The molecule has 24 nitrogen and oxygen atoms in total. The van der Waals surface area contributed by atoms with E-state index in [9.17, 15) is 27.4 Å². The predicted molar refractivity (Wildman–Crippen MR) is 327 cm³/mol. The van der Waals surface area contributed by atoms with Crippen molar-refractivity contribution in [2.75, 3.05) is 39.6 Å². The molecular formula is C52H122O24P6. The van der Waals surface area contributed by atoms with E-state index in [0.717, 1.165) is 122 Å². The second kappa shape index (κ2) is 67.6. The van der Waals surface area contributed by atoms with Gasteiger partial charge < -0.3 is 58.7 Å². The molecule has 0 heterocycles. The van der Waals surface area contributed by atoms with Crippen LogP contribution in [0.4, 0.5) is 0 Å². The zero-order valence-corrected chi connectivity index (χ0v) is 56.8. The molecule has 0 aliphatic carbocycles. The molecule has 0 bridgehead atoms. The maximum atomic E-state index is 10.4. The van der Waals surface area contributed by atoms with Gasteiger partial charge in [-0.1, -0.05) is 260 Å². The number of hydrogen-bond donors (Lipinski definition) is 12. The molecule has 0 aromatic carbocycles. The molecule has 0 amide bonds. The third-order valence-corrected chi connectivity index (χ3v) is 14.7. The topological polar surface area (TPSA) is 401 Å². The molecule has 0 radical (unpaired) electrons. The summed E-state index contributed by atoms with van der Waals surface area (Å²) in [5.41, 5.74) is 0. The Balaban J connectivity index is -0.000000212. The third-order valence-electron chi connectivity index (χ3n) is 11.5. The van der Waals surface area contributed by atoms with Crippen molar-refractivity contribution in [2.24, 2.45) is 0 Å². The Morgan fingerprint density at radius 1 is 0.171 bits per heavy atom. The average molecular weight is 1320 g/mol. The van der Waals surface area contributed by atoms with Crippen molar-refractivity contribution < 1.29 is 113 Å². The lowest BCUT2D eigenvalue weighted by Crippen LogP contribution is -1.92. The smallest absolute Gasteiger partial charge is 0.303 e. The van der Waals surface area contributed by atoms with Gasteiger partial charge in [-0.2, -0.15) is 0 Å². The summed E-state index contributed by atoms with van der Waals surface area (Å²) < 4.78 is 87.4. The second-order valence-electron chi connectivity index (χ2n) is 20.0. The van der Waals surface area contributed by atoms with E-state index in [0.29, 0.717) is 0 Å². The lowest BCUT2D eigenvalue weighted by atomic mass is 10.1. The Bertz CT molecular complexity index is 1550. The quantitative estimate of drug-likeness (QED) is 0.0199. The van der Waals surface area contributed by atoms with E-state index in [2.05, 4.69) is 68.7 Å². The molecule has 0 aromatic rings. The van der Waals surface area contributed by atoms with Crippen LogP contribution in [0, 0.1) is 0 Å². The minimum absolute atomic E-state index is 0.157. The van der Waals surface area contributed by atoms with Crippen molar-refractivity contribution >= 4 is 46.9 Å². The van der Waals surface area contributed by atoms with E-state index < -0.39 is 46.9 Å². The molecule has 0 spiro atoms. The second-order valence-corrected chi connectivity index (χ2v) is 27.4. The van der Waals surface area contributed by atoms with Crippen LogP contribution in [0.3, 0.4) is 0 Å². The molecule has 0 atom stereocenters. The van der Waals surface area contributed by atoms with Gasteiger partial charge in [0.05, 0.1) is 39.6 Å². The Morgan fingerprint density at radius 3 is 0.354 bits per heavy atom. The van der Waals surface area contributed by atoms with Crippen LogP contribution in [0.15, 0.2) is 0 Å². The molecule has 0 saturated heterocycles. The first kappa shape index (κ1) is 93.8. The maximum Gasteiger partial charge on any atom is 0.469 e. The Kier molecular flexibility index (Phi) is 77.3. The Morgan fingerprint density at radius 2 is 0.256 bits per heavy atom. The van der Waals surface area contributed by atoms with Crippen molar-refractivity contribution in [2.45, 2.75) is 298 Å². The van der Waals surface area contributed by atoms with E-state index in [1.165, 1.54) is 135 Å². The maximum absolute atomic E-state index is 10.4. The zero-order valence-electron chi connectivity index (χ0n) is 51.5. The van der Waals surface area contributed by atoms with Crippen molar-refractivity contribution in [3.63, 3.8) is 0 Å². The van der Waals surface area contributed by atoms with Gasteiger partial charge in [0.2, 0.25) is 0 Å². The number of rotatable bonds is 52. The monoisotopic (exact) mass is 1320 g/mol. The van der Waals surface area contributed by atoms with Gasteiger partial charge in [-0.25, -0.2) is 27.4 Å². The van der Waals surface area contributed by atoms with Crippen LogP contribution < -0.4 is 0 Å². The summed E-state index contributed by atoms with van der Waals surface area (Å²) in [6.07, 6.45) is 44.6. The summed E-state index contributed by atoms with van der Waals surface area (Å²) in [6.45, 7) is 13.9. The van der Waals surface area contributed by atoms with Crippen LogP contribution in [-0.2, 0) is 54.5 Å². The number of phosphoric ester groups is 6. The SMILES string of the molecule is CCCCCCCCCCCCOP(=O)(O)O.CCCCCCCCCCOP(=O)(O)O.CCCCCCCCCOP(=O)(O)O.CCCCCCCCOP(=O)(O)O.CCCCCCCOP(=O)(O)O.CCCCCCOP(=O)(O)O. The molecule has 0 aliphatic heterocycles. The molecule has 0 aliphatic rings. The van der Waals surface area contributed by atoms with Crippen LogP contribution in [0.2, 0.25) is 0 Å². The van der Waals surface area contributed by atoms with Crippen LogP contribution in [0.25, 0.3) is 0 Å². The molecule has 504 valence electrons. The van der Waals surface area contributed by atoms with Crippen LogP contribution in [0.5, 0.6) is 0 Å². The molecule has 12 N–H and O–H groups in total. The van der Waals surface area contributed by atoms with Crippen molar-refractivity contribution in [3.05, 3.63) is 0 Å². The minimum atomic E-state index is -4.24. The zero-order chi connectivity index (χ0) is 63.8. The van der Waals surface area contributed by atoms with Gasteiger partial charge in [0.15, 0.2) is 0 Å². The molecule has 0 aromatic heterocycles. The van der Waals surface area contributed by atoms with Crippen LogP contribution in [-0.4, -0.2) is 98.4 Å². The van der Waals surface area contributed by atoms with E-state index in [1.54, 1.807) is 0 Å². The predicted octanol–water partition coefficient (Wildman–Crippen LogP) is 16.3. The third kappa shape index (κ3) is 122. The van der Waals surface area contributed by atoms with Crippen LogP contribution >= 0.6 is 46.9 Å². The van der Waals surface area contributed by atoms with Gasteiger partial charge in [0.25, 0.3) is 0 Å². The fourth-order valence-electron chi connectivity index (χ4n) is 7.10. The highest BCUT2D eigenvalue weighted by atomic mass is 31.2. The average Bonchev–Trinajstić information content (AvgIpc) is 3.36. The normalized spacial score (nSPS) is 11.9. The number of phosphoric acid groups is 6. The standard InChI is InChI=1S/C12H27O4P.C10H23O4P.C9H21O4P.C8H19O4P.C7H17O4P.C6H15O4P/c1-2-3-4-5-6-7-8-9-10-11-12-16-17(13,14)15;1-2-3-4-5-6-7-8-9-10-14-15(11,12)13;1-2-3-4-5-6-7-8-9-13-14(10,11)12;1-2-3-4-5-6-7-8-12-13(9,10)11;1-2-3-4-5-6-7-11-12(8,9)10;1-2-3-4-5-6-10-11(7,8)9/h2-12H2,1H3,(H2,13,14,15);2-10H2,1H3,(H2,11,12,13);2-9H2,1H3,(H2,10,11,12);2-8H2,1H3,(H2,9,10,11);2-7H2,1H3,(H2,8,9,10);2-6H2,1H3,(H2,7,8,9). The molecule has 0 rings (SSSR count). The minimum Gasteiger partial charge on any atom is -0.303 e. The largest absolute Gasteiger partial charge is 0.469 e. The van der Waals surface area contributed by atoms with Gasteiger partial charge in [0, 0.05) is 0 Å². The van der Waals surface area contributed by atoms with Crippen molar-refractivity contribution in [1.29, 1.82) is 0 Å². The van der Waals surface area contributed by atoms with Gasteiger partial charge >= 0.3 is 46.9 Å². The number of hydrogen-bond acceptors (Lipinski definition) is 12. The first-order chi connectivity index (χ1) is 38.4. The molecule has 30 heteroatoms. The highest BCUT2D eigenvalue weighted by Gasteiger charge is 2.16. The lowest BCUT2D eigenvalue weighted by Gasteiger charge is -2.05. The van der Waals surface area contributed by atoms with Crippen LogP contribution in [0.1, 0.15) is 298 Å². The highest BCUT2D eigenvalue weighted by Crippen LogP contribution is 2.39. The lowest BCUT2D eigenvalue weighted by molar-refractivity contribution is 0.191. The fraction of sp³-hybridized carbons (Fsp3) is 1.00. The van der Waals surface area contributed by atoms with Gasteiger partial charge in [-0.05, 0) is 38.5 Å². The van der Waals surface area contributed by atoms with E-state index in [1.807, 2.05) is 0 Å². The summed E-state index contributed by atoms with van der Waals surface area (Å²) in [5.74, 6) is 0. The van der Waals surface area contributed by atoms with Crippen molar-refractivity contribution in [3.8, 4) is 0 Å². The first-order valence-corrected chi connectivity index (χ1v) is 39.7. The summed E-state index contributed by atoms with van der Waals surface area (Å²) in [4.78, 5) is 100. The van der Waals surface area contributed by atoms with Gasteiger partial charge in [-0.3, -0.25) is 27.1 Å². The fourth-order valence-corrected chi connectivity index (χ4v) is 9.30. The van der Waals surface area contributed by atoms with E-state index >= 15 is 0 Å². The molecular weight excluding hydrogens is 1190 g/mol. The molecule has 0 fully saturated rings. The van der Waals surface area contributed by atoms with E-state index in [-0.39, 0.29) is 39.6 Å². The molecule has 0 saturated carbocycles. The Hall–Kier alpha value is 0.660. The van der Waals surface area contributed by atoms with E-state index in [4.69, 9.17) is 58.7 Å². The first-order valence-electron chi connectivity index (χ1n) is 30.6.